The van der Waals surface area contributed by atoms with E-state index in [4.69, 9.17) is 14.2 Å². The van der Waals surface area contributed by atoms with Crippen LogP contribution in [0.1, 0.15) is 25.7 Å². The Morgan fingerprint density at radius 2 is 1.91 bits per heavy atom. The smallest absolute Gasteiger partial charge is 0.239 e. The van der Waals surface area contributed by atoms with Crippen LogP contribution < -0.4 is 10.1 Å². The molecule has 1 saturated heterocycles. The topological polar surface area (TPSA) is 90.1 Å². The van der Waals surface area contributed by atoms with Gasteiger partial charge in [0.1, 0.15) is 11.6 Å². The molecule has 34 heavy (non-hydrogen) atoms. The molecule has 0 bridgehead atoms. The fraction of sp³-hybridized carbons (Fsp3) is 0.280. The highest BCUT2D eigenvalue weighted by atomic mass is 19.1. The van der Waals surface area contributed by atoms with Gasteiger partial charge >= 0.3 is 0 Å². The van der Waals surface area contributed by atoms with Crippen molar-refractivity contribution in [3.05, 3.63) is 72.2 Å². The Kier molecular flexibility index (Phi) is 5.91. The number of nitrogens with one attached hydrogen (secondary N) is 1. The second kappa shape index (κ2) is 9.02. The Morgan fingerprint density at radius 1 is 1.15 bits per heavy atom. The molecule has 0 saturated carbocycles. The minimum absolute atomic E-state index is 0.250. The Hall–Kier alpha value is -3.53. The van der Waals surface area contributed by atoms with Crippen LogP contribution in [0.3, 0.4) is 0 Å². The summed E-state index contributed by atoms with van der Waals surface area (Å²) in [6.07, 6.45) is 1.37. The maximum atomic E-state index is 13.7. The number of halogens is 1. The monoisotopic (exact) mass is 464 g/mol. The Morgan fingerprint density at radius 3 is 2.62 bits per heavy atom. The van der Waals surface area contributed by atoms with E-state index in [0.717, 1.165) is 16.8 Å². The van der Waals surface area contributed by atoms with E-state index in [1.807, 2.05) is 24.3 Å². The predicted octanol–water partition coefficient (Wildman–Crippen LogP) is 4.56. The first-order valence-electron chi connectivity index (χ1n) is 11.0. The van der Waals surface area contributed by atoms with Crippen molar-refractivity contribution in [3.63, 3.8) is 0 Å². The van der Waals surface area contributed by atoms with Gasteiger partial charge in [-0.05, 0) is 26.0 Å². The quantitative estimate of drug-likeness (QED) is 0.415. The summed E-state index contributed by atoms with van der Waals surface area (Å²) >= 11 is 0. The van der Waals surface area contributed by atoms with E-state index < -0.39 is 11.4 Å². The lowest BCUT2D eigenvalue weighted by molar-refractivity contribution is -0.0441. The second-order valence-electron chi connectivity index (χ2n) is 8.70. The first-order chi connectivity index (χ1) is 16.4. The van der Waals surface area contributed by atoms with Crippen LogP contribution in [0.5, 0.6) is 11.6 Å². The van der Waals surface area contributed by atoms with Crippen molar-refractivity contribution in [3.8, 4) is 22.9 Å². The minimum atomic E-state index is -0.945. The summed E-state index contributed by atoms with van der Waals surface area (Å²) in [6.45, 7) is 4.86. The number of imidazole rings is 1. The lowest BCUT2D eigenvalue weighted by Crippen LogP contribution is -2.29. The molecule has 1 aliphatic heterocycles. The van der Waals surface area contributed by atoms with Crippen LogP contribution in [-0.4, -0.2) is 45.1 Å². The van der Waals surface area contributed by atoms with E-state index in [1.165, 1.54) is 12.1 Å². The molecular weight excluding hydrogens is 439 g/mol. The molecule has 2 N–H and O–H groups in total. The first kappa shape index (κ1) is 22.3. The van der Waals surface area contributed by atoms with Gasteiger partial charge in [-0.25, -0.2) is 13.9 Å². The van der Waals surface area contributed by atoms with E-state index >= 15 is 0 Å². The van der Waals surface area contributed by atoms with Gasteiger partial charge in [0.05, 0.1) is 36.4 Å². The van der Waals surface area contributed by atoms with E-state index in [9.17, 15) is 9.50 Å². The summed E-state index contributed by atoms with van der Waals surface area (Å²) in [5.41, 5.74) is 2.81. The average Bonchev–Trinajstić information content (AvgIpc) is 3.48. The first-order valence-corrected chi connectivity index (χ1v) is 11.0. The molecule has 0 atom stereocenters. The number of aromatic nitrogens is 3. The van der Waals surface area contributed by atoms with Crippen molar-refractivity contribution in [2.75, 3.05) is 25.1 Å². The van der Waals surface area contributed by atoms with Crippen LogP contribution >= 0.6 is 0 Å². The second-order valence-corrected chi connectivity index (χ2v) is 8.70. The van der Waals surface area contributed by atoms with Crippen LogP contribution in [0.2, 0.25) is 0 Å². The van der Waals surface area contributed by atoms with Gasteiger partial charge in [-0.3, -0.25) is 0 Å². The van der Waals surface area contributed by atoms with Gasteiger partial charge in [0, 0.05) is 29.8 Å². The summed E-state index contributed by atoms with van der Waals surface area (Å²) in [5, 5.41) is 18.0. The molecule has 1 fully saturated rings. The molecule has 2 aromatic heterocycles. The van der Waals surface area contributed by atoms with Crippen molar-refractivity contribution in [2.45, 2.75) is 25.7 Å². The highest BCUT2D eigenvalue weighted by Gasteiger charge is 2.20. The SMILES string of the molecule is CC(C)(O)CNc1cc(Oc2cccc(F)c2)nn2c(-c3ccc(C4OCCO4)cc3)cnc12. The lowest BCUT2D eigenvalue weighted by Gasteiger charge is -2.19. The van der Waals surface area contributed by atoms with Crippen molar-refractivity contribution < 1.29 is 23.7 Å². The number of ether oxygens (including phenoxy) is 3. The molecule has 2 aromatic carbocycles. The molecule has 4 aromatic rings. The summed E-state index contributed by atoms with van der Waals surface area (Å²) in [6, 6.07) is 15.3. The number of anilines is 1. The zero-order valence-electron chi connectivity index (χ0n) is 18.9. The number of fused-ring (bicyclic) bond motifs is 1. The molecule has 0 radical (unpaired) electrons. The Labute approximate surface area is 195 Å². The van der Waals surface area contributed by atoms with Crippen molar-refractivity contribution in [1.82, 2.24) is 14.6 Å². The normalized spacial score (nSPS) is 14.6. The number of hydrogen-bond acceptors (Lipinski definition) is 7. The third-order valence-electron chi connectivity index (χ3n) is 5.28. The minimum Gasteiger partial charge on any atom is -0.437 e. The van der Waals surface area contributed by atoms with E-state index in [0.29, 0.717) is 30.3 Å². The van der Waals surface area contributed by atoms with Gasteiger partial charge in [-0.2, -0.15) is 0 Å². The maximum Gasteiger partial charge on any atom is 0.239 e. The van der Waals surface area contributed by atoms with Crippen LogP contribution in [0.4, 0.5) is 10.1 Å². The molecule has 0 aliphatic carbocycles. The summed E-state index contributed by atoms with van der Waals surface area (Å²) in [4.78, 5) is 4.55. The summed E-state index contributed by atoms with van der Waals surface area (Å²) in [5.74, 6) is 0.167. The van der Waals surface area contributed by atoms with Crippen molar-refractivity contribution in [2.24, 2.45) is 0 Å². The predicted molar refractivity (Wildman–Crippen MR) is 124 cm³/mol. The fourth-order valence-corrected chi connectivity index (χ4v) is 3.65. The maximum absolute atomic E-state index is 13.7. The van der Waals surface area contributed by atoms with Crippen LogP contribution in [-0.2, 0) is 9.47 Å². The molecule has 176 valence electrons. The number of rotatable bonds is 7. The zero-order valence-corrected chi connectivity index (χ0v) is 18.9. The largest absolute Gasteiger partial charge is 0.437 e. The van der Waals surface area contributed by atoms with Gasteiger partial charge in [-0.1, -0.05) is 30.3 Å². The molecular formula is C25H25FN4O4. The highest BCUT2D eigenvalue weighted by Crippen LogP contribution is 2.31. The molecule has 0 amide bonds. The Bertz CT molecular complexity index is 1290. The van der Waals surface area contributed by atoms with Crippen LogP contribution in [0.15, 0.2) is 60.8 Å². The van der Waals surface area contributed by atoms with E-state index in [2.05, 4.69) is 15.4 Å². The molecule has 5 rings (SSSR count). The van der Waals surface area contributed by atoms with Crippen LogP contribution in [0, 0.1) is 5.82 Å². The summed E-state index contributed by atoms with van der Waals surface area (Å²) in [7, 11) is 0. The number of aliphatic hydroxyl groups is 1. The van der Waals surface area contributed by atoms with Gasteiger partial charge in [0.15, 0.2) is 11.9 Å². The average molecular weight is 464 g/mol. The van der Waals surface area contributed by atoms with Crippen molar-refractivity contribution >= 4 is 11.3 Å². The third kappa shape index (κ3) is 4.86. The Balaban J connectivity index is 1.53. The zero-order chi connectivity index (χ0) is 23.7. The molecule has 9 heteroatoms. The number of hydrogen-bond donors (Lipinski definition) is 2. The molecule has 0 spiro atoms. The molecule has 0 unspecified atom stereocenters. The standard InChI is InChI=1S/C25H25FN4O4/c1-25(2,31)15-28-20-13-22(34-19-5-3-4-18(26)12-19)29-30-21(14-27-23(20)30)16-6-8-17(9-7-16)24-32-10-11-33-24/h3-9,12-14,24,28,31H,10-11,15H2,1-2H3. The molecule has 8 nitrogen and oxygen atoms in total. The number of nitrogens with zero attached hydrogens (tertiary/aromatic N) is 3. The van der Waals surface area contributed by atoms with Gasteiger partial charge < -0.3 is 24.6 Å². The van der Waals surface area contributed by atoms with Gasteiger partial charge in [0.25, 0.3) is 0 Å². The van der Waals surface area contributed by atoms with Gasteiger partial charge in [-0.15, -0.1) is 5.10 Å². The van der Waals surface area contributed by atoms with Gasteiger partial charge in [0.2, 0.25) is 5.88 Å². The third-order valence-corrected chi connectivity index (χ3v) is 5.28. The highest BCUT2D eigenvalue weighted by molar-refractivity contribution is 5.73. The lowest BCUT2D eigenvalue weighted by atomic mass is 10.1. The summed E-state index contributed by atoms with van der Waals surface area (Å²) < 4.78 is 32.3. The van der Waals surface area contributed by atoms with E-state index in [1.54, 1.807) is 42.8 Å². The van der Waals surface area contributed by atoms with Crippen molar-refractivity contribution in [1.29, 1.82) is 0 Å². The fourth-order valence-electron chi connectivity index (χ4n) is 3.65. The van der Waals surface area contributed by atoms with E-state index in [-0.39, 0.29) is 18.7 Å². The molecule has 3 heterocycles. The number of benzene rings is 2. The molecule has 1 aliphatic rings. The van der Waals surface area contributed by atoms with Crippen LogP contribution in [0.25, 0.3) is 16.9 Å².